The number of halogens is 3. The number of anilines is 2. The van der Waals surface area contributed by atoms with E-state index < -0.39 is 11.4 Å². The molecule has 176 valence electrons. The van der Waals surface area contributed by atoms with Crippen molar-refractivity contribution in [2.24, 2.45) is 5.73 Å². The Labute approximate surface area is 201 Å². The van der Waals surface area contributed by atoms with E-state index in [1.165, 1.54) is 12.4 Å². The van der Waals surface area contributed by atoms with E-state index in [2.05, 4.69) is 25.9 Å². The molecule has 1 unspecified atom stereocenters. The zero-order chi connectivity index (χ0) is 22.9. The number of methoxy groups -OCH3 is 1. The molecule has 11 heteroatoms. The highest BCUT2D eigenvalue weighted by Gasteiger charge is 2.43. The summed E-state index contributed by atoms with van der Waals surface area (Å²) in [4.78, 5) is 20.5. The van der Waals surface area contributed by atoms with Gasteiger partial charge in [-0.2, -0.15) is 0 Å². The minimum Gasteiger partial charge on any atom is -0.496 e. The summed E-state index contributed by atoms with van der Waals surface area (Å²) in [6.45, 7) is 2.97. The van der Waals surface area contributed by atoms with Gasteiger partial charge in [0, 0.05) is 30.6 Å². The Morgan fingerprint density at radius 2 is 2.12 bits per heavy atom. The number of nitrogens with one attached hydrogen (secondary N) is 3. The van der Waals surface area contributed by atoms with Crippen molar-refractivity contribution < 1.29 is 13.9 Å². The molecule has 2 heterocycles. The number of nitrogens with two attached hydrogens (primary N) is 1. The third-order valence-corrected chi connectivity index (χ3v) is 5.91. The van der Waals surface area contributed by atoms with Gasteiger partial charge >= 0.3 is 0 Å². The zero-order valence-electron chi connectivity index (χ0n) is 18.1. The lowest BCUT2D eigenvalue weighted by atomic mass is 9.89. The highest BCUT2D eigenvalue weighted by atomic mass is 35.5. The fourth-order valence-corrected chi connectivity index (χ4v) is 4.06. The van der Waals surface area contributed by atoms with Gasteiger partial charge in [0.2, 0.25) is 5.91 Å². The van der Waals surface area contributed by atoms with Crippen molar-refractivity contribution in [1.29, 1.82) is 0 Å². The Morgan fingerprint density at radius 1 is 1.36 bits per heavy atom. The fraction of sp³-hybridized carbons (Fsp3) is 0.318. The quantitative estimate of drug-likeness (QED) is 0.380. The largest absolute Gasteiger partial charge is 0.496 e. The third kappa shape index (κ3) is 4.96. The summed E-state index contributed by atoms with van der Waals surface area (Å²) in [5.41, 5.74) is 6.58. The molecule has 5 N–H and O–H groups in total. The Morgan fingerprint density at radius 3 is 2.76 bits per heavy atom. The number of fused-ring (bicyclic) bond motifs is 1. The first-order chi connectivity index (χ1) is 15.3. The number of ether oxygens (including phenoxy) is 1. The predicted molar refractivity (Wildman–Crippen MR) is 129 cm³/mol. The molecule has 1 saturated heterocycles. The Hall–Kier alpha value is -2.72. The van der Waals surface area contributed by atoms with E-state index in [0.717, 1.165) is 5.56 Å². The molecular formula is C22H25Cl2FN6O2. The van der Waals surface area contributed by atoms with Gasteiger partial charge in [-0.25, -0.2) is 14.4 Å². The van der Waals surface area contributed by atoms with Crippen LogP contribution >= 0.6 is 24.0 Å². The molecule has 1 atom stereocenters. The molecule has 4 rings (SSSR count). The van der Waals surface area contributed by atoms with Crippen LogP contribution in [-0.2, 0) is 11.2 Å². The highest BCUT2D eigenvalue weighted by molar-refractivity contribution is 6.31. The summed E-state index contributed by atoms with van der Waals surface area (Å²) in [6.07, 6.45) is 1.96. The summed E-state index contributed by atoms with van der Waals surface area (Å²) in [5.74, 6) is 0.164. The maximum atomic E-state index is 14.4. The number of carbonyl (C=O) groups excluding carboxylic acids is 1. The molecule has 1 fully saturated rings. The van der Waals surface area contributed by atoms with Crippen molar-refractivity contribution in [3.05, 3.63) is 53.1 Å². The second kappa shape index (κ2) is 10.0. The van der Waals surface area contributed by atoms with Gasteiger partial charge in [0.05, 0.1) is 23.3 Å². The van der Waals surface area contributed by atoms with E-state index in [9.17, 15) is 9.18 Å². The molecule has 0 radical (unpaired) electrons. The number of benzene rings is 2. The Balaban J connectivity index is 0.00000306. The Bertz CT molecular complexity index is 1180. The lowest BCUT2D eigenvalue weighted by Crippen LogP contribution is -2.75. The van der Waals surface area contributed by atoms with E-state index in [0.29, 0.717) is 42.0 Å². The van der Waals surface area contributed by atoms with Gasteiger partial charge in [-0.1, -0.05) is 17.7 Å². The molecule has 3 aromatic rings. The maximum absolute atomic E-state index is 14.4. The van der Waals surface area contributed by atoms with Gasteiger partial charge in [-0.15, -0.1) is 12.4 Å². The van der Waals surface area contributed by atoms with Crippen LogP contribution in [-0.4, -0.2) is 47.7 Å². The first-order valence-electron chi connectivity index (χ1n) is 10.1. The first kappa shape index (κ1) is 24.9. The number of carbonyl (C=O) groups is 1. The van der Waals surface area contributed by atoms with Gasteiger partial charge < -0.3 is 21.1 Å². The minimum absolute atomic E-state index is 0. The number of hydrogen-bond acceptors (Lipinski definition) is 7. The van der Waals surface area contributed by atoms with E-state index in [-0.39, 0.29) is 35.1 Å². The van der Waals surface area contributed by atoms with Crippen molar-refractivity contribution in [2.45, 2.75) is 24.9 Å². The van der Waals surface area contributed by atoms with Crippen molar-refractivity contribution in [3.63, 3.8) is 0 Å². The molecule has 1 aliphatic heterocycles. The van der Waals surface area contributed by atoms with Gasteiger partial charge in [0.15, 0.2) is 5.82 Å². The molecule has 0 aliphatic carbocycles. The van der Waals surface area contributed by atoms with E-state index in [1.807, 2.05) is 19.1 Å². The lowest BCUT2D eigenvalue weighted by Gasteiger charge is -2.42. The summed E-state index contributed by atoms with van der Waals surface area (Å²) >= 11 is 5.90. The van der Waals surface area contributed by atoms with Gasteiger partial charge in [0.25, 0.3) is 0 Å². The first-order valence-corrected chi connectivity index (χ1v) is 10.5. The topological polar surface area (TPSA) is 114 Å². The maximum Gasteiger partial charge on any atom is 0.240 e. The number of hydrogen-bond donors (Lipinski definition) is 4. The monoisotopic (exact) mass is 494 g/mol. The van der Waals surface area contributed by atoms with E-state index in [1.54, 1.807) is 19.2 Å². The smallest absolute Gasteiger partial charge is 0.240 e. The number of aromatic nitrogens is 2. The normalized spacial score (nSPS) is 15.3. The predicted octanol–water partition coefficient (Wildman–Crippen LogP) is 2.94. The van der Waals surface area contributed by atoms with Crippen molar-refractivity contribution >= 4 is 52.3 Å². The summed E-state index contributed by atoms with van der Waals surface area (Å²) in [5, 5.41) is 10.2. The van der Waals surface area contributed by atoms with Crippen LogP contribution in [0.2, 0.25) is 5.02 Å². The minimum atomic E-state index is -0.747. The summed E-state index contributed by atoms with van der Waals surface area (Å²) in [6, 6.07) is 8.38. The van der Waals surface area contributed by atoms with Crippen LogP contribution < -0.4 is 26.4 Å². The van der Waals surface area contributed by atoms with Crippen LogP contribution in [0.4, 0.5) is 15.9 Å². The Kier molecular flexibility index (Phi) is 7.58. The molecule has 33 heavy (non-hydrogen) atoms. The highest BCUT2D eigenvalue weighted by Crippen LogP contribution is 2.32. The standard InChI is InChI=1S/C22H24ClFN6O2.ClH/c1-12(30-22(21(25)31)9-26-10-22)6-13-7-14-17(8-18(13)32-2)27-11-28-20(14)29-16-5-3-4-15(23)19(16)24;/h3-5,7-8,11-12,26,30H,6,9-10H2,1-2H3,(H2,25,31)(H,27,28,29);1H. The van der Waals surface area contributed by atoms with Gasteiger partial charge in [-0.3, -0.25) is 10.1 Å². The number of nitrogens with zero attached hydrogens (tertiary/aromatic N) is 2. The zero-order valence-corrected chi connectivity index (χ0v) is 19.7. The van der Waals surface area contributed by atoms with E-state index >= 15 is 0 Å². The van der Waals surface area contributed by atoms with Crippen molar-refractivity contribution in [3.8, 4) is 5.75 Å². The summed E-state index contributed by atoms with van der Waals surface area (Å²) in [7, 11) is 1.59. The molecule has 0 saturated carbocycles. The molecule has 2 aromatic carbocycles. The number of rotatable bonds is 8. The average Bonchev–Trinajstić information content (AvgIpc) is 2.73. The number of primary amides is 1. The van der Waals surface area contributed by atoms with Crippen LogP contribution in [0.3, 0.4) is 0 Å². The molecule has 8 nitrogen and oxygen atoms in total. The number of amides is 1. The second-order valence-corrected chi connectivity index (χ2v) is 8.34. The van der Waals surface area contributed by atoms with Crippen LogP contribution in [0.5, 0.6) is 5.75 Å². The molecular weight excluding hydrogens is 470 g/mol. The third-order valence-electron chi connectivity index (χ3n) is 5.62. The van der Waals surface area contributed by atoms with Crippen LogP contribution in [0.15, 0.2) is 36.7 Å². The molecule has 1 aliphatic rings. The fourth-order valence-electron chi connectivity index (χ4n) is 3.88. The average molecular weight is 495 g/mol. The van der Waals surface area contributed by atoms with Crippen molar-refractivity contribution in [1.82, 2.24) is 20.6 Å². The lowest BCUT2D eigenvalue weighted by molar-refractivity contribution is -0.126. The molecule has 1 aromatic heterocycles. The molecule has 0 bridgehead atoms. The molecule has 1 amide bonds. The SMILES string of the molecule is COc1cc2ncnc(Nc3cccc(Cl)c3F)c2cc1CC(C)NC1(C(N)=O)CNC1.Cl. The van der Waals surface area contributed by atoms with Gasteiger partial charge in [-0.05, 0) is 37.1 Å². The van der Waals surface area contributed by atoms with Crippen LogP contribution in [0, 0.1) is 5.82 Å². The summed E-state index contributed by atoms with van der Waals surface area (Å²) < 4.78 is 20.0. The van der Waals surface area contributed by atoms with Crippen molar-refractivity contribution in [2.75, 3.05) is 25.5 Å². The van der Waals surface area contributed by atoms with E-state index in [4.69, 9.17) is 22.1 Å². The molecule has 0 spiro atoms. The van der Waals surface area contributed by atoms with Crippen LogP contribution in [0.25, 0.3) is 10.9 Å². The van der Waals surface area contributed by atoms with Gasteiger partial charge in [0.1, 0.15) is 23.4 Å². The van der Waals surface area contributed by atoms with Crippen LogP contribution in [0.1, 0.15) is 12.5 Å². The second-order valence-electron chi connectivity index (χ2n) is 7.93.